The van der Waals surface area contributed by atoms with Gasteiger partial charge in [0.25, 0.3) is 0 Å². The molecule has 27 heavy (non-hydrogen) atoms. The van der Waals surface area contributed by atoms with Gasteiger partial charge in [-0.2, -0.15) is 0 Å². The summed E-state index contributed by atoms with van der Waals surface area (Å²) < 4.78 is 47.4. The Bertz CT molecular complexity index is 904. The van der Waals surface area contributed by atoms with Gasteiger partial charge in [-0.25, -0.2) is 0 Å². The van der Waals surface area contributed by atoms with E-state index in [-0.39, 0.29) is 18.1 Å². The molecule has 3 aromatic rings. The lowest BCUT2D eigenvalue weighted by molar-refractivity contribution is -0.274. The third-order valence-electron chi connectivity index (χ3n) is 3.78. The Morgan fingerprint density at radius 1 is 0.889 bits per heavy atom. The summed E-state index contributed by atoms with van der Waals surface area (Å²) in [4.78, 5) is 10.8. The van der Waals surface area contributed by atoms with E-state index in [9.17, 15) is 18.0 Å². The van der Waals surface area contributed by atoms with Gasteiger partial charge < -0.3 is 9.47 Å². The van der Waals surface area contributed by atoms with Crippen LogP contribution in [0.15, 0.2) is 72.8 Å². The van der Waals surface area contributed by atoms with E-state index in [4.69, 9.17) is 4.74 Å². The van der Waals surface area contributed by atoms with E-state index in [1.807, 2.05) is 30.3 Å². The maximum atomic E-state index is 12.5. The van der Waals surface area contributed by atoms with E-state index in [1.165, 1.54) is 18.2 Å². The predicted molar refractivity (Wildman–Crippen MR) is 94.7 cm³/mol. The number of carbonyl (C=O) groups is 1. The molecule has 0 aliphatic rings. The van der Waals surface area contributed by atoms with Gasteiger partial charge in [-0.05, 0) is 23.3 Å². The monoisotopic (exact) mass is 372 g/mol. The van der Waals surface area contributed by atoms with Crippen molar-refractivity contribution in [2.24, 2.45) is 0 Å². The van der Waals surface area contributed by atoms with E-state index in [0.717, 1.165) is 11.8 Å². The van der Waals surface area contributed by atoms with Gasteiger partial charge in [0.05, 0.1) is 0 Å². The van der Waals surface area contributed by atoms with Gasteiger partial charge in [-0.3, -0.25) is 4.79 Å². The van der Waals surface area contributed by atoms with Gasteiger partial charge in [-0.15, -0.1) is 13.2 Å². The van der Waals surface area contributed by atoms with E-state index in [1.54, 1.807) is 24.3 Å². The molecular formula is C21H15F3O3. The highest BCUT2D eigenvalue weighted by atomic mass is 19.4. The van der Waals surface area contributed by atoms with Crippen molar-refractivity contribution in [3.63, 3.8) is 0 Å². The summed E-state index contributed by atoms with van der Waals surface area (Å²) in [5.41, 5.74) is 2.68. The fraction of sp³-hybridized carbons (Fsp3) is 0.0952. The highest BCUT2D eigenvalue weighted by Crippen LogP contribution is 2.35. The first-order valence-corrected chi connectivity index (χ1v) is 8.07. The fourth-order valence-corrected chi connectivity index (χ4v) is 2.53. The number of benzene rings is 3. The first kappa shape index (κ1) is 18.5. The SMILES string of the molecule is O=Cc1ccc(-c2ccc(OC(F)(F)F)cc2OCc2ccccc2)cc1. The molecule has 6 heteroatoms. The lowest BCUT2D eigenvalue weighted by Crippen LogP contribution is -2.17. The average Bonchev–Trinajstić information content (AvgIpc) is 2.66. The largest absolute Gasteiger partial charge is 0.573 e. The highest BCUT2D eigenvalue weighted by Gasteiger charge is 2.31. The molecule has 3 rings (SSSR count). The van der Waals surface area contributed by atoms with E-state index in [2.05, 4.69) is 4.74 Å². The van der Waals surface area contributed by atoms with Crippen molar-refractivity contribution in [2.45, 2.75) is 13.0 Å². The molecule has 0 saturated carbocycles. The molecule has 0 aliphatic carbocycles. The van der Waals surface area contributed by atoms with Crippen molar-refractivity contribution in [1.29, 1.82) is 0 Å². The zero-order chi connectivity index (χ0) is 19.3. The Balaban J connectivity index is 1.93. The second-order valence-corrected chi connectivity index (χ2v) is 5.72. The number of aldehydes is 1. The summed E-state index contributed by atoms with van der Waals surface area (Å²) in [5.74, 6) is -0.113. The van der Waals surface area contributed by atoms with Crippen LogP contribution < -0.4 is 9.47 Å². The number of halogens is 3. The molecule has 3 nitrogen and oxygen atoms in total. The van der Waals surface area contributed by atoms with Crippen LogP contribution in [0, 0.1) is 0 Å². The summed E-state index contributed by atoms with van der Waals surface area (Å²) in [5, 5.41) is 0. The van der Waals surface area contributed by atoms with Crippen LogP contribution >= 0.6 is 0 Å². The van der Waals surface area contributed by atoms with Gasteiger partial charge in [0.1, 0.15) is 24.4 Å². The van der Waals surface area contributed by atoms with Crippen molar-refractivity contribution in [2.75, 3.05) is 0 Å². The zero-order valence-electron chi connectivity index (χ0n) is 14.1. The molecule has 0 heterocycles. The summed E-state index contributed by atoms with van der Waals surface area (Å²) in [7, 11) is 0. The van der Waals surface area contributed by atoms with Crippen LogP contribution in [0.2, 0.25) is 0 Å². The summed E-state index contributed by atoms with van der Waals surface area (Å²) in [6, 6.07) is 19.9. The maximum Gasteiger partial charge on any atom is 0.573 e. The van der Waals surface area contributed by atoms with Crippen LogP contribution in [0.4, 0.5) is 13.2 Å². The average molecular weight is 372 g/mol. The molecule has 0 radical (unpaired) electrons. The minimum Gasteiger partial charge on any atom is -0.488 e. The standard InChI is InChI=1S/C21H15F3O3/c22-21(23,24)27-18-10-11-19(17-8-6-15(13-25)7-9-17)20(12-18)26-14-16-4-2-1-3-5-16/h1-13H,14H2. The molecule has 0 unspecified atom stereocenters. The molecule has 0 saturated heterocycles. The third-order valence-corrected chi connectivity index (χ3v) is 3.78. The van der Waals surface area contributed by atoms with E-state index in [0.29, 0.717) is 16.7 Å². The topological polar surface area (TPSA) is 35.5 Å². The van der Waals surface area contributed by atoms with Gasteiger partial charge in [-0.1, -0.05) is 54.6 Å². The molecule has 3 aromatic carbocycles. The second kappa shape index (κ2) is 7.95. The molecule has 0 atom stereocenters. The highest BCUT2D eigenvalue weighted by molar-refractivity contribution is 5.78. The Kier molecular flexibility index (Phi) is 5.45. The third kappa shape index (κ3) is 5.10. The molecular weight excluding hydrogens is 357 g/mol. The second-order valence-electron chi connectivity index (χ2n) is 5.72. The molecule has 0 aliphatic heterocycles. The lowest BCUT2D eigenvalue weighted by Gasteiger charge is -2.15. The van der Waals surface area contributed by atoms with Gasteiger partial charge in [0, 0.05) is 17.2 Å². The van der Waals surface area contributed by atoms with Crippen LogP contribution in [-0.2, 0) is 6.61 Å². The van der Waals surface area contributed by atoms with Crippen LogP contribution in [-0.4, -0.2) is 12.6 Å². The first-order valence-electron chi connectivity index (χ1n) is 8.07. The predicted octanol–water partition coefficient (Wildman–Crippen LogP) is 5.64. The fourth-order valence-electron chi connectivity index (χ4n) is 2.53. The normalized spacial score (nSPS) is 11.1. The van der Waals surface area contributed by atoms with E-state index < -0.39 is 6.36 Å². The lowest BCUT2D eigenvalue weighted by atomic mass is 10.0. The minimum atomic E-state index is -4.79. The summed E-state index contributed by atoms with van der Waals surface area (Å²) in [6.45, 7) is 0.190. The van der Waals surface area contributed by atoms with Crippen LogP contribution in [0.5, 0.6) is 11.5 Å². The molecule has 0 aromatic heterocycles. The summed E-state index contributed by atoms with van der Waals surface area (Å²) in [6.07, 6.45) is -4.07. The molecule has 0 bridgehead atoms. The van der Waals surface area contributed by atoms with E-state index >= 15 is 0 Å². The Hall–Kier alpha value is -3.28. The number of carbonyl (C=O) groups excluding carboxylic acids is 1. The van der Waals surface area contributed by atoms with Crippen molar-refractivity contribution in [3.05, 3.63) is 83.9 Å². The van der Waals surface area contributed by atoms with Gasteiger partial charge in [0.15, 0.2) is 0 Å². The van der Waals surface area contributed by atoms with Crippen LogP contribution in [0.25, 0.3) is 11.1 Å². The van der Waals surface area contributed by atoms with Gasteiger partial charge >= 0.3 is 6.36 Å². The number of hydrogen-bond donors (Lipinski definition) is 0. The molecule has 138 valence electrons. The summed E-state index contributed by atoms with van der Waals surface area (Å²) >= 11 is 0. The zero-order valence-corrected chi connectivity index (χ0v) is 14.1. The van der Waals surface area contributed by atoms with Crippen molar-refractivity contribution in [3.8, 4) is 22.6 Å². The maximum absolute atomic E-state index is 12.5. The minimum absolute atomic E-state index is 0.190. The van der Waals surface area contributed by atoms with Crippen LogP contribution in [0.3, 0.4) is 0 Å². The van der Waals surface area contributed by atoms with Crippen LogP contribution in [0.1, 0.15) is 15.9 Å². The number of alkyl halides is 3. The molecule has 0 fully saturated rings. The molecule has 0 spiro atoms. The van der Waals surface area contributed by atoms with Crippen molar-refractivity contribution in [1.82, 2.24) is 0 Å². The number of hydrogen-bond acceptors (Lipinski definition) is 3. The Labute approximate surface area is 154 Å². The number of ether oxygens (including phenoxy) is 2. The quantitative estimate of drug-likeness (QED) is 0.525. The first-order chi connectivity index (χ1) is 12.9. The Morgan fingerprint density at radius 2 is 1.59 bits per heavy atom. The molecule has 0 amide bonds. The van der Waals surface area contributed by atoms with Crippen molar-refractivity contribution >= 4 is 6.29 Å². The smallest absolute Gasteiger partial charge is 0.488 e. The Morgan fingerprint density at radius 3 is 2.22 bits per heavy atom. The number of rotatable bonds is 6. The molecule has 0 N–H and O–H groups in total. The van der Waals surface area contributed by atoms with Crippen molar-refractivity contribution < 1.29 is 27.4 Å². The van der Waals surface area contributed by atoms with Gasteiger partial charge in [0.2, 0.25) is 0 Å².